The molecule has 15 heavy (non-hydrogen) atoms. The van der Waals surface area contributed by atoms with Crippen molar-refractivity contribution in [1.29, 1.82) is 0 Å². The molecule has 0 atom stereocenters. The van der Waals surface area contributed by atoms with E-state index in [1.807, 2.05) is 0 Å². The van der Waals surface area contributed by atoms with Gasteiger partial charge < -0.3 is 10.6 Å². The third-order valence-corrected chi connectivity index (χ3v) is 2.90. The molecule has 2 heteroatoms. The number of nitrogens with one attached hydrogen (secondary N) is 2. The van der Waals surface area contributed by atoms with Crippen LogP contribution in [0.5, 0.6) is 0 Å². The average molecular weight is 198 g/mol. The summed E-state index contributed by atoms with van der Waals surface area (Å²) in [5.74, 6) is 0. The largest absolute Gasteiger partial charge is 0.383 e. The Morgan fingerprint density at radius 3 is 2.60 bits per heavy atom. The lowest BCUT2D eigenvalue weighted by Crippen LogP contribution is -2.16. The fourth-order valence-electron chi connectivity index (χ4n) is 2.11. The summed E-state index contributed by atoms with van der Waals surface area (Å²) in [7, 11) is 0. The fraction of sp³-hybridized carbons (Fsp3) is 0.231. The highest BCUT2D eigenvalue weighted by atomic mass is 15.0. The van der Waals surface area contributed by atoms with Crippen LogP contribution in [-0.2, 0) is 6.54 Å². The van der Waals surface area contributed by atoms with Crippen molar-refractivity contribution >= 4 is 16.5 Å². The second-order valence-electron chi connectivity index (χ2n) is 3.96. The molecule has 0 spiro atoms. The molecule has 0 radical (unpaired) electrons. The van der Waals surface area contributed by atoms with Crippen LogP contribution in [-0.4, -0.2) is 13.1 Å². The Labute approximate surface area is 89.3 Å². The molecule has 1 aliphatic rings. The van der Waals surface area contributed by atoms with Crippen molar-refractivity contribution in [1.82, 2.24) is 5.32 Å². The number of hydrogen-bond acceptors (Lipinski definition) is 2. The Kier molecular flexibility index (Phi) is 2.07. The molecule has 0 unspecified atom stereocenters. The Morgan fingerprint density at radius 2 is 1.73 bits per heavy atom. The molecule has 0 fully saturated rings. The van der Waals surface area contributed by atoms with E-state index in [4.69, 9.17) is 0 Å². The van der Waals surface area contributed by atoms with Gasteiger partial charge in [0.05, 0.1) is 0 Å². The monoisotopic (exact) mass is 198 g/mol. The number of anilines is 1. The first-order chi connectivity index (χ1) is 7.43. The van der Waals surface area contributed by atoms with E-state index in [9.17, 15) is 0 Å². The van der Waals surface area contributed by atoms with E-state index in [1.54, 1.807) is 0 Å². The van der Waals surface area contributed by atoms with Gasteiger partial charge in [-0.15, -0.1) is 0 Å². The molecule has 1 aliphatic heterocycles. The number of rotatable bonds is 0. The van der Waals surface area contributed by atoms with E-state index in [1.165, 1.54) is 22.0 Å². The summed E-state index contributed by atoms with van der Waals surface area (Å²) < 4.78 is 0. The van der Waals surface area contributed by atoms with Crippen LogP contribution in [0.25, 0.3) is 10.8 Å². The van der Waals surface area contributed by atoms with Crippen LogP contribution < -0.4 is 10.6 Å². The Bertz CT molecular complexity index is 446. The smallest absolute Gasteiger partial charge is 0.0392 e. The van der Waals surface area contributed by atoms with Gasteiger partial charge in [-0.2, -0.15) is 0 Å². The number of hydrogen-bond donors (Lipinski definition) is 2. The summed E-state index contributed by atoms with van der Waals surface area (Å²) >= 11 is 0. The standard InChI is InChI=1S/C13H14N2/c1-2-4-11-8-13-12(7-10(11)3-1)9-14-5-6-15-13/h1-4,7-8,14-15H,5-6,9H2. The summed E-state index contributed by atoms with van der Waals surface area (Å²) in [6.45, 7) is 3.00. The Balaban J connectivity index is 2.20. The minimum absolute atomic E-state index is 0.965. The van der Waals surface area contributed by atoms with E-state index in [0.717, 1.165) is 19.6 Å². The number of benzene rings is 2. The molecule has 0 aliphatic carbocycles. The molecule has 0 aromatic heterocycles. The van der Waals surface area contributed by atoms with Crippen molar-refractivity contribution in [3.8, 4) is 0 Å². The van der Waals surface area contributed by atoms with E-state index in [2.05, 4.69) is 47.0 Å². The topological polar surface area (TPSA) is 24.1 Å². The lowest BCUT2D eigenvalue weighted by molar-refractivity contribution is 0.725. The molecule has 1 heterocycles. The predicted octanol–water partition coefficient (Wildman–Crippen LogP) is 2.35. The molecule has 0 amide bonds. The molecule has 0 saturated carbocycles. The zero-order valence-corrected chi connectivity index (χ0v) is 8.59. The lowest BCUT2D eigenvalue weighted by Gasteiger charge is -2.08. The quantitative estimate of drug-likeness (QED) is 0.679. The van der Waals surface area contributed by atoms with Crippen LogP contribution in [0.15, 0.2) is 36.4 Å². The van der Waals surface area contributed by atoms with Gasteiger partial charge in [-0.25, -0.2) is 0 Å². The van der Waals surface area contributed by atoms with Crippen LogP contribution in [0.3, 0.4) is 0 Å². The first-order valence-electron chi connectivity index (χ1n) is 5.40. The normalized spacial score (nSPS) is 15.5. The van der Waals surface area contributed by atoms with Crippen LogP contribution in [0, 0.1) is 0 Å². The Hall–Kier alpha value is -1.54. The third-order valence-electron chi connectivity index (χ3n) is 2.90. The van der Waals surface area contributed by atoms with Crippen molar-refractivity contribution in [2.75, 3.05) is 18.4 Å². The van der Waals surface area contributed by atoms with Gasteiger partial charge in [-0.05, 0) is 28.5 Å². The maximum atomic E-state index is 3.45. The molecule has 2 N–H and O–H groups in total. The van der Waals surface area contributed by atoms with E-state index in [-0.39, 0.29) is 0 Å². The van der Waals surface area contributed by atoms with Crippen molar-refractivity contribution in [3.05, 3.63) is 42.0 Å². The maximum Gasteiger partial charge on any atom is 0.0392 e. The highest BCUT2D eigenvalue weighted by Gasteiger charge is 2.07. The summed E-state index contributed by atoms with van der Waals surface area (Å²) in [5.41, 5.74) is 2.64. The first-order valence-corrected chi connectivity index (χ1v) is 5.40. The summed E-state index contributed by atoms with van der Waals surface area (Å²) in [6, 6.07) is 13.0. The summed E-state index contributed by atoms with van der Waals surface area (Å²) in [4.78, 5) is 0. The van der Waals surface area contributed by atoms with Gasteiger partial charge in [0.2, 0.25) is 0 Å². The zero-order valence-electron chi connectivity index (χ0n) is 8.59. The zero-order chi connectivity index (χ0) is 10.1. The molecule has 3 rings (SSSR count). The molecule has 76 valence electrons. The lowest BCUT2D eigenvalue weighted by atomic mass is 10.1. The SMILES string of the molecule is c1ccc2cc3c(cc2c1)CNCCN3. The highest BCUT2D eigenvalue weighted by molar-refractivity contribution is 5.87. The second-order valence-corrected chi connectivity index (χ2v) is 3.96. The van der Waals surface area contributed by atoms with E-state index in [0.29, 0.717) is 0 Å². The molecule has 0 saturated heterocycles. The fourth-order valence-corrected chi connectivity index (χ4v) is 2.11. The Morgan fingerprint density at radius 1 is 0.933 bits per heavy atom. The molecule has 2 aromatic carbocycles. The third kappa shape index (κ3) is 1.57. The van der Waals surface area contributed by atoms with Crippen LogP contribution in [0.1, 0.15) is 5.56 Å². The summed E-state index contributed by atoms with van der Waals surface area (Å²) in [6.07, 6.45) is 0. The van der Waals surface area contributed by atoms with Gasteiger partial charge in [0, 0.05) is 25.3 Å². The van der Waals surface area contributed by atoms with Crippen molar-refractivity contribution in [2.24, 2.45) is 0 Å². The van der Waals surface area contributed by atoms with Crippen molar-refractivity contribution in [2.45, 2.75) is 6.54 Å². The molecule has 2 aromatic rings. The van der Waals surface area contributed by atoms with Crippen LogP contribution in [0.4, 0.5) is 5.69 Å². The highest BCUT2D eigenvalue weighted by Crippen LogP contribution is 2.24. The van der Waals surface area contributed by atoms with E-state index >= 15 is 0 Å². The van der Waals surface area contributed by atoms with Gasteiger partial charge in [0.25, 0.3) is 0 Å². The summed E-state index contributed by atoms with van der Waals surface area (Å²) in [5, 5.41) is 9.49. The predicted molar refractivity (Wildman–Crippen MR) is 64.1 cm³/mol. The van der Waals surface area contributed by atoms with Crippen molar-refractivity contribution < 1.29 is 0 Å². The van der Waals surface area contributed by atoms with E-state index < -0.39 is 0 Å². The number of fused-ring (bicyclic) bond motifs is 2. The molecular formula is C13H14N2. The molecule has 0 bridgehead atoms. The average Bonchev–Trinajstić information content (AvgIpc) is 2.50. The van der Waals surface area contributed by atoms with Crippen LogP contribution in [0.2, 0.25) is 0 Å². The van der Waals surface area contributed by atoms with Crippen LogP contribution >= 0.6 is 0 Å². The van der Waals surface area contributed by atoms with Gasteiger partial charge in [-0.1, -0.05) is 24.3 Å². The van der Waals surface area contributed by atoms with Gasteiger partial charge in [-0.3, -0.25) is 0 Å². The molecular weight excluding hydrogens is 184 g/mol. The minimum atomic E-state index is 0.965. The molecule has 2 nitrogen and oxygen atoms in total. The maximum absolute atomic E-state index is 3.45. The van der Waals surface area contributed by atoms with Crippen molar-refractivity contribution in [3.63, 3.8) is 0 Å². The first kappa shape index (κ1) is 8.74. The van der Waals surface area contributed by atoms with Gasteiger partial charge in [0.15, 0.2) is 0 Å². The minimum Gasteiger partial charge on any atom is -0.383 e. The second kappa shape index (κ2) is 3.55. The van der Waals surface area contributed by atoms with Gasteiger partial charge >= 0.3 is 0 Å². The van der Waals surface area contributed by atoms with Gasteiger partial charge in [0.1, 0.15) is 0 Å².